The fraction of sp³-hybridized carbons (Fsp3) is 0.700. The molecule has 0 aliphatic carbocycles. The smallest absolute Gasteiger partial charge is 0.330 e. The fourth-order valence-electron chi connectivity index (χ4n) is 1.46. The Morgan fingerprint density at radius 3 is 2.39 bits per heavy atom. The summed E-state index contributed by atoms with van der Waals surface area (Å²) in [6, 6.07) is 0. The molecule has 2 N–H and O–H groups in total. The van der Waals surface area contributed by atoms with E-state index in [1.54, 1.807) is 0 Å². The van der Waals surface area contributed by atoms with Crippen LogP contribution in [-0.4, -0.2) is 61.1 Å². The first-order valence-corrected chi connectivity index (χ1v) is 6.70. The molecule has 0 radical (unpaired) electrons. The van der Waals surface area contributed by atoms with Crippen LogP contribution in [0.2, 0.25) is 0 Å². The SMILES string of the molecule is C=CC(=O)OCC(CCCO)(N(C)C)S(=O)(=O)O. The van der Waals surface area contributed by atoms with Gasteiger partial charge in [0.05, 0.1) is 0 Å². The average Bonchev–Trinajstić information content (AvgIpc) is 2.26. The second-order valence-corrected chi connectivity index (χ2v) is 5.66. The summed E-state index contributed by atoms with van der Waals surface area (Å²) in [6.45, 7) is 2.42. The topological polar surface area (TPSA) is 104 Å². The molecule has 7 nitrogen and oxygen atoms in total. The molecule has 0 aliphatic rings. The number of aliphatic hydroxyl groups is 1. The summed E-state index contributed by atoms with van der Waals surface area (Å²) in [4.78, 5) is 10.5. The molecule has 0 bridgehead atoms. The molecule has 0 aliphatic heterocycles. The third kappa shape index (κ3) is 4.05. The van der Waals surface area contributed by atoms with Crippen LogP contribution in [0.4, 0.5) is 0 Å². The number of carbonyl (C=O) groups is 1. The predicted molar refractivity (Wildman–Crippen MR) is 65.4 cm³/mol. The molecule has 0 saturated heterocycles. The molecule has 18 heavy (non-hydrogen) atoms. The molecule has 0 fully saturated rings. The van der Waals surface area contributed by atoms with Crippen LogP contribution in [0.1, 0.15) is 12.8 Å². The van der Waals surface area contributed by atoms with Crippen molar-refractivity contribution in [1.82, 2.24) is 4.90 Å². The summed E-state index contributed by atoms with van der Waals surface area (Å²) in [5.41, 5.74) is 0. The number of carbonyl (C=O) groups excluding carboxylic acids is 1. The Labute approximate surface area is 107 Å². The molecule has 0 saturated carbocycles. The van der Waals surface area contributed by atoms with Crippen LogP contribution < -0.4 is 0 Å². The number of hydrogen-bond donors (Lipinski definition) is 2. The number of esters is 1. The lowest BCUT2D eigenvalue weighted by molar-refractivity contribution is -0.140. The number of hydrogen-bond acceptors (Lipinski definition) is 6. The van der Waals surface area contributed by atoms with Gasteiger partial charge in [0.1, 0.15) is 6.61 Å². The summed E-state index contributed by atoms with van der Waals surface area (Å²) in [5.74, 6) is -0.783. The third-order valence-electron chi connectivity index (χ3n) is 2.63. The zero-order valence-electron chi connectivity index (χ0n) is 10.5. The third-order valence-corrected chi connectivity index (χ3v) is 4.27. The fourth-order valence-corrected chi connectivity index (χ4v) is 2.53. The minimum absolute atomic E-state index is 0.0697. The Balaban J connectivity index is 5.21. The van der Waals surface area contributed by atoms with Crippen LogP contribution in [0.5, 0.6) is 0 Å². The van der Waals surface area contributed by atoms with Crippen LogP contribution in [0.25, 0.3) is 0 Å². The highest BCUT2D eigenvalue weighted by Crippen LogP contribution is 2.26. The normalized spacial score (nSPS) is 15.2. The van der Waals surface area contributed by atoms with Gasteiger partial charge in [0, 0.05) is 12.7 Å². The molecule has 8 heteroatoms. The predicted octanol–water partition coefficient (Wildman–Crippen LogP) is -0.366. The van der Waals surface area contributed by atoms with Gasteiger partial charge < -0.3 is 9.84 Å². The molecule has 0 rings (SSSR count). The van der Waals surface area contributed by atoms with Gasteiger partial charge in [0.25, 0.3) is 10.1 Å². The number of likely N-dealkylation sites (N-methyl/N-ethyl adjacent to an activating group) is 1. The van der Waals surface area contributed by atoms with E-state index < -0.39 is 27.6 Å². The zero-order chi connectivity index (χ0) is 14.4. The highest BCUT2D eigenvalue weighted by Gasteiger charge is 2.46. The van der Waals surface area contributed by atoms with Gasteiger partial charge in [0.2, 0.25) is 0 Å². The molecule has 0 amide bonds. The van der Waals surface area contributed by atoms with E-state index >= 15 is 0 Å². The molecule has 1 atom stereocenters. The number of ether oxygens (including phenoxy) is 1. The lowest BCUT2D eigenvalue weighted by atomic mass is 10.1. The molecule has 106 valence electrons. The highest BCUT2D eigenvalue weighted by molar-refractivity contribution is 7.87. The van der Waals surface area contributed by atoms with E-state index in [4.69, 9.17) is 9.84 Å². The van der Waals surface area contributed by atoms with Crippen molar-refractivity contribution in [1.29, 1.82) is 0 Å². The van der Waals surface area contributed by atoms with E-state index in [0.29, 0.717) is 0 Å². The molecule has 0 aromatic carbocycles. The van der Waals surface area contributed by atoms with Gasteiger partial charge in [0.15, 0.2) is 4.87 Å². The van der Waals surface area contributed by atoms with Crippen LogP contribution in [-0.2, 0) is 19.6 Å². The van der Waals surface area contributed by atoms with E-state index in [-0.39, 0.29) is 19.4 Å². The van der Waals surface area contributed by atoms with Gasteiger partial charge in [-0.3, -0.25) is 9.45 Å². The van der Waals surface area contributed by atoms with Gasteiger partial charge in [-0.05, 0) is 26.9 Å². The standard InChI is InChI=1S/C10H19NO6S/c1-4-9(13)17-8-10(11(2)3,6-5-7-12)18(14,15)16/h4,12H,1,5-8H2,2-3H3,(H,14,15,16). The van der Waals surface area contributed by atoms with Crippen LogP contribution in [0.3, 0.4) is 0 Å². The van der Waals surface area contributed by atoms with E-state index in [9.17, 15) is 17.8 Å². The van der Waals surface area contributed by atoms with Crippen molar-refractivity contribution in [2.45, 2.75) is 17.7 Å². The minimum atomic E-state index is -4.50. The summed E-state index contributed by atoms with van der Waals surface area (Å²) >= 11 is 0. The first kappa shape index (κ1) is 17.0. The second-order valence-electron chi connectivity index (χ2n) is 3.95. The first-order chi connectivity index (χ1) is 8.21. The van der Waals surface area contributed by atoms with E-state index in [0.717, 1.165) is 6.08 Å². The van der Waals surface area contributed by atoms with Crippen molar-refractivity contribution in [3.05, 3.63) is 12.7 Å². The van der Waals surface area contributed by atoms with E-state index in [1.807, 2.05) is 0 Å². The Hall–Kier alpha value is -0.960. The molecule has 0 heterocycles. The summed E-state index contributed by atoms with van der Waals surface area (Å²) in [6.07, 6.45) is 0.972. The first-order valence-electron chi connectivity index (χ1n) is 5.26. The van der Waals surface area contributed by atoms with Crippen LogP contribution in [0.15, 0.2) is 12.7 Å². The molecule has 0 aromatic heterocycles. The largest absolute Gasteiger partial charge is 0.459 e. The lowest BCUT2D eigenvalue weighted by Crippen LogP contribution is -2.54. The quantitative estimate of drug-likeness (QED) is 0.355. The molecule has 0 spiro atoms. The average molecular weight is 281 g/mol. The molecular formula is C10H19NO6S. The Kier molecular flexibility index (Phi) is 6.47. The van der Waals surface area contributed by atoms with Crippen molar-refractivity contribution in [2.75, 3.05) is 27.3 Å². The number of rotatable bonds is 8. The van der Waals surface area contributed by atoms with E-state index in [1.165, 1.54) is 19.0 Å². The van der Waals surface area contributed by atoms with Crippen molar-refractivity contribution in [3.63, 3.8) is 0 Å². The van der Waals surface area contributed by atoms with Gasteiger partial charge >= 0.3 is 5.97 Å². The van der Waals surface area contributed by atoms with Crippen molar-refractivity contribution < 1.29 is 27.6 Å². The monoisotopic (exact) mass is 281 g/mol. The Bertz CT molecular complexity index is 391. The van der Waals surface area contributed by atoms with Crippen LogP contribution in [0, 0.1) is 0 Å². The maximum Gasteiger partial charge on any atom is 0.330 e. The Morgan fingerprint density at radius 2 is 2.06 bits per heavy atom. The van der Waals surface area contributed by atoms with Gasteiger partial charge in [-0.15, -0.1) is 0 Å². The maximum absolute atomic E-state index is 11.5. The maximum atomic E-state index is 11.5. The summed E-state index contributed by atoms with van der Waals surface area (Å²) in [7, 11) is -1.62. The van der Waals surface area contributed by atoms with Gasteiger partial charge in [-0.1, -0.05) is 6.58 Å². The molecule has 1 unspecified atom stereocenters. The zero-order valence-corrected chi connectivity index (χ0v) is 11.3. The number of nitrogens with zero attached hydrogens (tertiary/aromatic N) is 1. The lowest BCUT2D eigenvalue weighted by Gasteiger charge is -2.35. The molecular weight excluding hydrogens is 262 g/mol. The van der Waals surface area contributed by atoms with E-state index in [2.05, 4.69) is 6.58 Å². The Morgan fingerprint density at radius 1 is 1.50 bits per heavy atom. The van der Waals surface area contributed by atoms with Gasteiger partial charge in [-0.25, -0.2) is 4.79 Å². The van der Waals surface area contributed by atoms with Crippen molar-refractivity contribution in [3.8, 4) is 0 Å². The summed E-state index contributed by atoms with van der Waals surface area (Å²) < 4.78 is 37.1. The van der Waals surface area contributed by atoms with Gasteiger partial charge in [-0.2, -0.15) is 8.42 Å². The van der Waals surface area contributed by atoms with Crippen molar-refractivity contribution in [2.24, 2.45) is 0 Å². The summed E-state index contributed by atoms with van der Waals surface area (Å²) in [5, 5.41) is 8.78. The van der Waals surface area contributed by atoms with Crippen molar-refractivity contribution >= 4 is 16.1 Å². The van der Waals surface area contributed by atoms with Crippen LogP contribution >= 0.6 is 0 Å². The highest BCUT2D eigenvalue weighted by atomic mass is 32.2. The second kappa shape index (κ2) is 6.83. The number of aliphatic hydroxyl groups excluding tert-OH is 1. The minimum Gasteiger partial charge on any atom is -0.459 e. The molecule has 0 aromatic rings.